The van der Waals surface area contributed by atoms with Crippen LogP contribution in [0.3, 0.4) is 0 Å². The Balaban J connectivity index is 1.96. The van der Waals surface area contributed by atoms with Crippen LogP contribution in [0.5, 0.6) is 0 Å². The van der Waals surface area contributed by atoms with Crippen molar-refractivity contribution in [3.63, 3.8) is 0 Å². The molecule has 0 fully saturated rings. The number of nitrogens with zero attached hydrogens (tertiary/aromatic N) is 3. The van der Waals surface area contributed by atoms with Crippen molar-refractivity contribution in [3.05, 3.63) is 41.7 Å². The minimum atomic E-state index is -0.730. The largest absolute Gasteiger partial charge is 0.347 e. The predicted molar refractivity (Wildman–Crippen MR) is 88.8 cm³/mol. The molecule has 0 bridgehead atoms. The molecule has 2 N–H and O–H groups in total. The highest BCUT2D eigenvalue weighted by molar-refractivity contribution is 6.40. The topological polar surface area (TPSA) is 79.3 Å². The third kappa shape index (κ3) is 4.80. The fraction of sp³-hybridized carbons (Fsp3) is 0.267. The van der Waals surface area contributed by atoms with Crippen molar-refractivity contribution in [2.45, 2.75) is 0 Å². The number of carbonyl (C=O) groups is 2. The average Bonchev–Trinajstić information content (AvgIpc) is 3.00. The normalized spacial score (nSPS) is 10.6. The maximum atomic E-state index is 11.8. The first-order chi connectivity index (χ1) is 11.0. The molecule has 23 heavy (non-hydrogen) atoms. The molecule has 122 valence electrons. The Hall–Kier alpha value is -2.38. The van der Waals surface area contributed by atoms with Crippen LogP contribution in [0.2, 0.25) is 5.02 Å². The minimum Gasteiger partial charge on any atom is -0.347 e. The molecule has 2 rings (SSSR count). The summed E-state index contributed by atoms with van der Waals surface area (Å²) in [4.78, 5) is 25.4. The van der Waals surface area contributed by atoms with E-state index >= 15 is 0 Å². The van der Waals surface area contributed by atoms with Gasteiger partial charge in [0.1, 0.15) is 0 Å². The van der Waals surface area contributed by atoms with E-state index in [1.165, 1.54) is 0 Å². The Kier molecular flexibility index (Phi) is 5.72. The summed E-state index contributed by atoms with van der Waals surface area (Å²) in [7, 11) is 3.77. The van der Waals surface area contributed by atoms with E-state index in [-0.39, 0.29) is 0 Å². The fourth-order valence-electron chi connectivity index (χ4n) is 1.84. The number of hydrogen-bond acceptors (Lipinski definition) is 4. The van der Waals surface area contributed by atoms with Crippen LogP contribution in [0.25, 0.3) is 5.69 Å². The van der Waals surface area contributed by atoms with E-state index in [1.54, 1.807) is 41.3 Å². The molecule has 0 aliphatic carbocycles. The van der Waals surface area contributed by atoms with Crippen molar-refractivity contribution in [2.75, 3.05) is 32.5 Å². The van der Waals surface area contributed by atoms with Crippen molar-refractivity contribution in [2.24, 2.45) is 0 Å². The fourth-order valence-corrected chi connectivity index (χ4v) is 2.11. The van der Waals surface area contributed by atoms with Gasteiger partial charge in [0.05, 0.1) is 10.7 Å². The van der Waals surface area contributed by atoms with Gasteiger partial charge in [0.25, 0.3) is 0 Å². The van der Waals surface area contributed by atoms with Gasteiger partial charge in [-0.1, -0.05) is 11.6 Å². The quantitative estimate of drug-likeness (QED) is 0.803. The summed E-state index contributed by atoms with van der Waals surface area (Å²) in [6.45, 7) is 1.06. The summed E-state index contributed by atoms with van der Waals surface area (Å²) in [5.74, 6) is -1.41. The second-order valence-electron chi connectivity index (χ2n) is 5.13. The van der Waals surface area contributed by atoms with Crippen LogP contribution in [0.1, 0.15) is 0 Å². The Bertz CT molecular complexity index is 685. The molecule has 0 saturated carbocycles. The third-order valence-corrected chi connectivity index (χ3v) is 3.31. The van der Waals surface area contributed by atoms with E-state index in [4.69, 9.17) is 11.6 Å². The molecule has 0 saturated heterocycles. The zero-order valence-electron chi connectivity index (χ0n) is 12.9. The second kappa shape index (κ2) is 7.75. The molecule has 0 aliphatic rings. The lowest BCUT2D eigenvalue weighted by Crippen LogP contribution is -2.38. The molecule has 7 nitrogen and oxygen atoms in total. The van der Waals surface area contributed by atoms with Gasteiger partial charge in [0, 0.05) is 31.2 Å². The van der Waals surface area contributed by atoms with Crippen LogP contribution >= 0.6 is 11.6 Å². The number of anilines is 1. The van der Waals surface area contributed by atoms with Gasteiger partial charge in [-0.2, -0.15) is 5.10 Å². The molecule has 8 heteroatoms. The Morgan fingerprint density at radius 1 is 1.30 bits per heavy atom. The molecule has 0 radical (unpaired) electrons. The number of aromatic nitrogens is 2. The number of amides is 2. The number of hydrogen-bond donors (Lipinski definition) is 2. The van der Waals surface area contributed by atoms with Crippen LogP contribution in [-0.2, 0) is 9.59 Å². The van der Waals surface area contributed by atoms with Gasteiger partial charge in [-0.25, -0.2) is 4.68 Å². The second-order valence-corrected chi connectivity index (χ2v) is 5.54. The Labute approximate surface area is 139 Å². The van der Waals surface area contributed by atoms with Gasteiger partial charge in [-0.3, -0.25) is 9.59 Å². The minimum absolute atomic E-state index is 0.401. The maximum absolute atomic E-state index is 11.8. The summed E-state index contributed by atoms with van der Waals surface area (Å²) in [6, 6.07) is 6.73. The standard InChI is InChI=1S/C15H18ClN5O2/c1-20(2)9-7-17-14(22)15(23)19-11-4-5-13(12(16)10-11)21-8-3-6-18-21/h3-6,8,10H,7,9H2,1-2H3,(H,17,22)(H,19,23). The molecule has 1 aromatic heterocycles. The molecule has 2 amide bonds. The predicted octanol–water partition coefficient (Wildman–Crippen LogP) is 1.14. The molecule has 1 heterocycles. The molecule has 0 aliphatic heterocycles. The van der Waals surface area contributed by atoms with E-state index in [0.717, 1.165) is 0 Å². The van der Waals surface area contributed by atoms with Gasteiger partial charge in [0.2, 0.25) is 0 Å². The van der Waals surface area contributed by atoms with Gasteiger partial charge in [-0.15, -0.1) is 0 Å². The number of nitrogens with one attached hydrogen (secondary N) is 2. The van der Waals surface area contributed by atoms with Gasteiger partial charge in [-0.05, 0) is 38.4 Å². The van der Waals surface area contributed by atoms with Crippen molar-refractivity contribution in [1.29, 1.82) is 0 Å². The smallest absolute Gasteiger partial charge is 0.313 e. The van der Waals surface area contributed by atoms with Crippen molar-refractivity contribution in [1.82, 2.24) is 20.0 Å². The van der Waals surface area contributed by atoms with Crippen LogP contribution in [0.4, 0.5) is 5.69 Å². The van der Waals surface area contributed by atoms with E-state index in [9.17, 15) is 9.59 Å². The summed E-state index contributed by atoms with van der Waals surface area (Å²) >= 11 is 6.18. The Morgan fingerprint density at radius 2 is 2.09 bits per heavy atom. The van der Waals surface area contributed by atoms with Crippen molar-refractivity contribution in [3.8, 4) is 5.69 Å². The SMILES string of the molecule is CN(C)CCNC(=O)C(=O)Nc1ccc(-n2cccn2)c(Cl)c1. The lowest BCUT2D eigenvalue weighted by atomic mass is 10.2. The summed E-state index contributed by atoms with van der Waals surface area (Å²) in [5.41, 5.74) is 1.13. The van der Waals surface area contributed by atoms with E-state index in [0.29, 0.717) is 29.5 Å². The molecule has 1 aromatic carbocycles. The molecular weight excluding hydrogens is 318 g/mol. The molecular formula is C15H18ClN5O2. The van der Waals surface area contributed by atoms with Crippen LogP contribution < -0.4 is 10.6 Å². The van der Waals surface area contributed by atoms with Crippen molar-refractivity contribution >= 4 is 29.1 Å². The summed E-state index contributed by atoms with van der Waals surface area (Å²) < 4.78 is 1.61. The van der Waals surface area contributed by atoms with Gasteiger partial charge >= 0.3 is 11.8 Å². The number of rotatable bonds is 5. The first-order valence-corrected chi connectivity index (χ1v) is 7.38. The molecule has 0 unspecified atom stereocenters. The monoisotopic (exact) mass is 335 g/mol. The molecule has 0 atom stereocenters. The van der Waals surface area contributed by atoms with E-state index < -0.39 is 11.8 Å². The summed E-state index contributed by atoms with van der Waals surface area (Å²) in [6.07, 6.45) is 3.40. The highest BCUT2D eigenvalue weighted by atomic mass is 35.5. The maximum Gasteiger partial charge on any atom is 0.313 e. The van der Waals surface area contributed by atoms with Crippen LogP contribution in [-0.4, -0.2) is 53.7 Å². The lowest BCUT2D eigenvalue weighted by molar-refractivity contribution is -0.136. The first kappa shape index (κ1) is 17.0. The number of benzene rings is 1. The first-order valence-electron chi connectivity index (χ1n) is 7.01. The van der Waals surface area contributed by atoms with Crippen LogP contribution in [0, 0.1) is 0 Å². The van der Waals surface area contributed by atoms with Crippen LogP contribution in [0.15, 0.2) is 36.7 Å². The lowest BCUT2D eigenvalue weighted by Gasteiger charge is -2.11. The van der Waals surface area contributed by atoms with Gasteiger partial charge < -0.3 is 15.5 Å². The highest BCUT2D eigenvalue weighted by Gasteiger charge is 2.14. The average molecular weight is 336 g/mol. The zero-order valence-corrected chi connectivity index (χ0v) is 13.7. The molecule has 2 aromatic rings. The number of halogens is 1. The van der Waals surface area contributed by atoms with E-state index in [2.05, 4.69) is 15.7 Å². The zero-order chi connectivity index (χ0) is 16.8. The van der Waals surface area contributed by atoms with E-state index in [1.807, 2.05) is 19.0 Å². The highest BCUT2D eigenvalue weighted by Crippen LogP contribution is 2.23. The van der Waals surface area contributed by atoms with Crippen molar-refractivity contribution < 1.29 is 9.59 Å². The number of carbonyl (C=O) groups excluding carboxylic acids is 2. The Morgan fingerprint density at radius 3 is 2.70 bits per heavy atom. The molecule has 0 spiro atoms. The third-order valence-electron chi connectivity index (χ3n) is 3.01. The number of likely N-dealkylation sites (N-methyl/N-ethyl adjacent to an activating group) is 1. The summed E-state index contributed by atoms with van der Waals surface area (Å²) in [5, 5.41) is 9.56. The van der Waals surface area contributed by atoms with Gasteiger partial charge in [0.15, 0.2) is 0 Å².